The molecule has 2 aromatic carbocycles. The Morgan fingerprint density at radius 2 is 1.84 bits per heavy atom. The molecule has 2 aromatic rings. The Kier molecular flexibility index (Phi) is 8.74. The van der Waals surface area contributed by atoms with Gasteiger partial charge in [0, 0.05) is 28.5 Å². The van der Waals surface area contributed by atoms with Crippen LogP contribution in [0.4, 0.5) is 0 Å². The molecule has 4 rings (SSSR count). The van der Waals surface area contributed by atoms with Crippen LogP contribution in [-0.4, -0.2) is 37.6 Å². The van der Waals surface area contributed by atoms with Crippen LogP contribution in [0.25, 0.3) is 0 Å². The third kappa shape index (κ3) is 6.42. The molecule has 1 heterocycles. The first-order valence-electron chi connectivity index (χ1n) is 13.0. The summed E-state index contributed by atoms with van der Waals surface area (Å²) < 4.78 is 28.1. The van der Waals surface area contributed by atoms with Crippen LogP contribution in [0.3, 0.4) is 0 Å². The second kappa shape index (κ2) is 11.5. The summed E-state index contributed by atoms with van der Waals surface area (Å²) in [5.74, 6) is 0.306. The summed E-state index contributed by atoms with van der Waals surface area (Å²) in [5.41, 5.74) is 1.36. The number of benzene rings is 2. The minimum atomic E-state index is -3.43. The molecule has 0 radical (unpaired) electrons. The number of rotatable bonds is 11. The smallest absolute Gasteiger partial charge is 0.229 e. The third-order valence-electron chi connectivity index (χ3n) is 7.69. The molecule has 0 bridgehead atoms. The number of carbonyl (C=O) groups is 1. The highest BCUT2D eigenvalue weighted by molar-refractivity contribution is 7.89. The molecule has 1 aliphatic carbocycles. The summed E-state index contributed by atoms with van der Waals surface area (Å²) in [5, 5.41) is 1.27. The molecule has 4 atom stereocenters. The van der Waals surface area contributed by atoms with E-state index in [0.29, 0.717) is 29.3 Å². The van der Waals surface area contributed by atoms with Gasteiger partial charge in [-0.25, -0.2) is 13.1 Å². The minimum absolute atomic E-state index is 0.0391. The van der Waals surface area contributed by atoms with Gasteiger partial charge in [-0.2, -0.15) is 0 Å². The van der Waals surface area contributed by atoms with Gasteiger partial charge in [0.25, 0.3) is 0 Å². The molecule has 0 aromatic heterocycles. The fourth-order valence-corrected chi connectivity index (χ4v) is 7.21. The van der Waals surface area contributed by atoms with Crippen molar-refractivity contribution in [1.29, 1.82) is 0 Å². The maximum Gasteiger partial charge on any atom is 0.229 e. The van der Waals surface area contributed by atoms with E-state index in [1.165, 1.54) is 0 Å². The van der Waals surface area contributed by atoms with Crippen LogP contribution >= 0.6 is 23.2 Å². The maximum absolute atomic E-state index is 14.4. The second-order valence-electron chi connectivity index (χ2n) is 10.7. The molecule has 1 amide bonds. The standard InChI is InChI=1S/C29H36Cl2N2O3S/c1-4-15-29(3)18-25(22-7-6-8-24(31)17-22)27(21-11-13-23(30)14-12-21)33(28(29)34)26(20-9-10-20)19-32-37(35,36)16-5-2/h4,6-8,11-14,17,20,25-27,32H,1,5,9-10,15-16,18-19H2,2-3H3/t25-,26-,27-,29+/m1/s1. The van der Waals surface area contributed by atoms with Crippen molar-refractivity contribution in [3.8, 4) is 0 Å². The maximum atomic E-state index is 14.4. The molecule has 0 spiro atoms. The van der Waals surface area contributed by atoms with Crippen LogP contribution in [0.1, 0.15) is 69.0 Å². The van der Waals surface area contributed by atoms with Gasteiger partial charge in [0.2, 0.25) is 15.9 Å². The summed E-state index contributed by atoms with van der Waals surface area (Å²) in [4.78, 5) is 16.4. The Bertz CT molecular complexity index is 1230. The molecule has 1 aliphatic heterocycles. The summed E-state index contributed by atoms with van der Waals surface area (Å²) >= 11 is 12.7. The zero-order valence-electron chi connectivity index (χ0n) is 21.5. The Labute approximate surface area is 231 Å². The number of sulfonamides is 1. The van der Waals surface area contributed by atoms with Gasteiger partial charge in [-0.15, -0.1) is 6.58 Å². The van der Waals surface area contributed by atoms with Gasteiger partial charge in [-0.3, -0.25) is 4.79 Å². The van der Waals surface area contributed by atoms with E-state index >= 15 is 0 Å². The number of amides is 1. The second-order valence-corrected chi connectivity index (χ2v) is 13.5. The highest BCUT2D eigenvalue weighted by Gasteiger charge is 2.53. The van der Waals surface area contributed by atoms with E-state index in [-0.39, 0.29) is 42.1 Å². The quantitative estimate of drug-likeness (QED) is 0.308. The number of halogens is 2. The third-order valence-corrected chi connectivity index (χ3v) is 9.73. The van der Waals surface area contributed by atoms with Crippen LogP contribution in [-0.2, 0) is 14.8 Å². The van der Waals surface area contributed by atoms with Crippen LogP contribution < -0.4 is 4.72 Å². The van der Waals surface area contributed by atoms with Gasteiger partial charge in [0.1, 0.15) is 0 Å². The number of nitrogens with one attached hydrogen (secondary N) is 1. The van der Waals surface area contributed by atoms with Crippen LogP contribution in [0.15, 0.2) is 61.2 Å². The molecule has 200 valence electrons. The van der Waals surface area contributed by atoms with E-state index in [9.17, 15) is 13.2 Å². The number of hydrogen-bond acceptors (Lipinski definition) is 3. The van der Waals surface area contributed by atoms with Gasteiger partial charge in [-0.05, 0) is 73.4 Å². The number of likely N-dealkylation sites (tertiary alicyclic amines) is 1. The lowest BCUT2D eigenvalue weighted by molar-refractivity contribution is -0.155. The average molecular weight is 564 g/mol. The predicted molar refractivity (Wildman–Crippen MR) is 151 cm³/mol. The van der Waals surface area contributed by atoms with E-state index in [0.717, 1.165) is 24.0 Å². The lowest BCUT2D eigenvalue weighted by atomic mass is 9.67. The molecule has 1 saturated heterocycles. The van der Waals surface area contributed by atoms with Crippen molar-refractivity contribution in [3.63, 3.8) is 0 Å². The van der Waals surface area contributed by atoms with Crippen LogP contribution in [0.2, 0.25) is 10.0 Å². The summed E-state index contributed by atoms with van der Waals surface area (Å²) in [6, 6.07) is 15.0. The van der Waals surface area contributed by atoms with E-state index in [4.69, 9.17) is 23.2 Å². The summed E-state index contributed by atoms with van der Waals surface area (Å²) in [6.45, 7) is 8.00. The predicted octanol–water partition coefficient (Wildman–Crippen LogP) is 6.74. The Morgan fingerprint density at radius 1 is 1.14 bits per heavy atom. The normalized spacial score (nSPS) is 25.2. The number of allylic oxidation sites excluding steroid dienone is 1. The Morgan fingerprint density at radius 3 is 2.43 bits per heavy atom. The van der Waals surface area contributed by atoms with E-state index in [1.54, 1.807) is 0 Å². The average Bonchev–Trinajstić information content (AvgIpc) is 3.68. The highest BCUT2D eigenvalue weighted by atomic mass is 35.5. The molecule has 1 saturated carbocycles. The summed E-state index contributed by atoms with van der Waals surface area (Å²) in [6.07, 6.45) is 5.44. The monoisotopic (exact) mass is 562 g/mol. The van der Waals surface area contributed by atoms with Crippen molar-refractivity contribution >= 4 is 39.1 Å². The molecule has 8 heteroatoms. The molecule has 0 unspecified atom stereocenters. The van der Waals surface area contributed by atoms with Crippen molar-refractivity contribution in [2.75, 3.05) is 12.3 Å². The molecular weight excluding hydrogens is 527 g/mol. The fourth-order valence-electron chi connectivity index (χ4n) is 5.78. The topological polar surface area (TPSA) is 66.5 Å². The number of nitrogens with zero attached hydrogens (tertiary/aromatic N) is 1. The van der Waals surface area contributed by atoms with Crippen molar-refractivity contribution in [1.82, 2.24) is 9.62 Å². The molecule has 1 N–H and O–H groups in total. The molecule has 37 heavy (non-hydrogen) atoms. The Balaban J connectivity index is 1.85. The number of hydrogen-bond donors (Lipinski definition) is 1. The van der Waals surface area contributed by atoms with Crippen LogP contribution in [0.5, 0.6) is 0 Å². The van der Waals surface area contributed by atoms with Gasteiger partial charge < -0.3 is 4.90 Å². The lowest BCUT2D eigenvalue weighted by Gasteiger charge is -2.52. The first kappa shape index (κ1) is 28.2. The molecule has 5 nitrogen and oxygen atoms in total. The lowest BCUT2D eigenvalue weighted by Crippen LogP contribution is -2.58. The minimum Gasteiger partial charge on any atom is -0.330 e. The summed E-state index contributed by atoms with van der Waals surface area (Å²) in [7, 11) is -3.43. The van der Waals surface area contributed by atoms with Crippen molar-refractivity contribution in [2.24, 2.45) is 11.3 Å². The Hall–Kier alpha value is -1.86. The first-order valence-corrected chi connectivity index (χ1v) is 15.4. The van der Waals surface area contributed by atoms with Gasteiger partial charge in [0.05, 0.1) is 17.2 Å². The van der Waals surface area contributed by atoms with E-state index in [2.05, 4.69) is 17.4 Å². The van der Waals surface area contributed by atoms with Crippen molar-refractivity contribution in [3.05, 3.63) is 82.4 Å². The van der Waals surface area contributed by atoms with Crippen LogP contribution in [0, 0.1) is 11.3 Å². The zero-order valence-corrected chi connectivity index (χ0v) is 23.8. The SMILES string of the molecule is C=CC[C@@]1(C)C[C@H](c2cccc(Cl)c2)[C@@H](c2ccc(Cl)cc2)N([C@H](CNS(=O)(=O)CCC)C2CC2)C1=O. The number of carbonyl (C=O) groups excluding carboxylic acids is 1. The van der Waals surface area contributed by atoms with Gasteiger partial charge in [-0.1, -0.05) is 67.4 Å². The molecule has 2 aliphatic rings. The van der Waals surface area contributed by atoms with E-state index < -0.39 is 15.4 Å². The molecular formula is C29H36Cl2N2O3S. The largest absolute Gasteiger partial charge is 0.330 e. The fraction of sp³-hybridized carbons (Fsp3) is 0.483. The van der Waals surface area contributed by atoms with Crippen molar-refractivity contribution in [2.45, 2.75) is 64.0 Å². The van der Waals surface area contributed by atoms with E-state index in [1.807, 2.05) is 67.3 Å². The van der Waals surface area contributed by atoms with Gasteiger partial charge in [0.15, 0.2) is 0 Å². The molecule has 2 fully saturated rings. The van der Waals surface area contributed by atoms with Crippen molar-refractivity contribution < 1.29 is 13.2 Å². The first-order chi connectivity index (χ1) is 17.6. The number of piperidine rings is 1. The highest BCUT2D eigenvalue weighted by Crippen LogP contribution is 2.54. The zero-order chi connectivity index (χ0) is 26.8. The van der Waals surface area contributed by atoms with Gasteiger partial charge >= 0.3 is 0 Å².